The van der Waals surface area contributed by atoms with E-state index in [2.05, 4.69) is 24.3 Å². The van der Waals surface area contributed by atoms with Gasteiger partial charge in [-0.3, -0.25) is 4.79 Å². The largest absolute Gasteiger partial charge is 0.481 e. The molecule has 2 fully saturated rings. The van der Waals surface area contributed by atoms with Gasteiger partial charge in [0.1, 0.15) is 0 Å². The molecule has 2 atom stereocenters. The van der Waals surface area contributed by atoms with Crippen LogP contribution in [0, 0.1) is 5.92 Å². The van der Waals surface area contributed by atoms with Gasteiger partial charge < -0.3 is 5.11 Å². The highest BCUT2D eigenvalue weighted by atomic mass is 35.5. The van der Waals surface area contributed by atoms with Crippen LogP contribution in [0.3, 0.4) is 0 Å². The molecule has 0 radical (unpaired) electrons. The SMILES string of the molecule is Cl.O=C(O)C1CC1c1ccc(C2CCCCC2)cc1. The summed E-state index contributed by atoms with van der Waals surface area (Å²) in [5.41, 5.74) is 2.66. The summed E-state index contributed by atoms with van der Waals surface area (Å²) < 4.78 is 0. The van der Waals surface area contributed by atoms with E-state index in [1.807, 2.05) is 0 Å². The summed E-state index contributed by atoms with van der Waals surface area (Å²) in [4.78, 5) is 10.9. The van der Waals surface area contributed by atoms with Gasteiger partial charge in [0.05, 0.1) is 5.92 Å². The van der Waals surface area contributed by atoms with E-state index in [4.69, 9.17) is 5.11 Å². The van der Waals surface area contributed by atoms with Gasteiger partial charge in [0.2, 0.25) is 0 Å². The van der Waals surface area contributed by atoms with Crippen molar-refractivity contribution in [1.29, 1.82) is 0 Å². The third kappa shape index (κ3) is 3.11. The van der Waals surface area contributed by atoms with Crippen LogP contribution in [0.25, 0.3) is 0 Å². The molecule has 19 heavy (non-hydrogen) atoms. The van der Waals surface area contributed by atoms with E-state index in [1.54, 1.807) is 0 Å². The van der Waals surface area contributed by atoms with Crippen molar-refractivity contribution in [3.63, 3.8) is 0 Å². The summed E-state index contributed by atoms with van der Waals surface area (Å²) in [5, 5.41) is 8.94. The summed E-state index contributed by atoms with van der Waals surface area (Å²) in [5.74, 6) is 0.229. The lowest BCUT2D eigenvalue weighted by molar-refractivity contribution is -0.138. The monoisotopic (exact) mass is 280 g/mol. The molecular weight excluding hydrogens is 260 g/mol. The Morgan fingerprint density at radius 3 is 2.11 bits per heavy atom. The lowest BCUT2D eigenvalue weighted by atomic mass is 9.84. The number of benzene rings is 1. The second-order valence-corrected chi connectivity index (χ2v) is 5.79. The molecule has 104 valence electrons. The fraction of sp³-hybridized carbons (Fsp3) is 0.562. The lowest BCUT2D eigenvalue weighted by Gasteiger charge is -2.22. The number of carboxylic acid groups (broad SMARTS) is 1. The molecule has 3 heteroatoms. The zero-order valence-corrected chi connectivity index (χ0v) is 11.9. The Morgan fingerprint density at radius 1 is 1.00 bits per heavy atom. The number of hydrogen-bond donors (Lipinski definition) is 1. The van der Waals surface area contributed by atoms with Crippen LogP contribution in [-0.4, -0.2) is 11.1 Å². The van der Waals surface area contributed by atoms with Gasteiger partial charge in [0.25, 0.3) is 0 Å². The van der Waals surface area contributed by atoms with E-state index >= 15 is 0 Å². The topological polar surface area (TPSA) is 37.3 Å². The quantitative estimate of drug-likeness (QED) is 0.894. The van der Waals surface area contributed by atoms with Crippen LogP contribution in [0.15, 0.2) is 24.3 Å². The van der Waals surface area contributed by atoms with Crippen LogP contribution in [0.1, 0.15) is 61.5 Å². The van der Waals surface area contributed by atoms with Crippen LogP contribution in [0.5, 0.6) is 0 Å². The number of rotatable bonds is 3. The van der Waals surface area contributed by atoms with Crippen molar-refractivity contribution >= 4 is 18.4 Å². The standard InChI is InChI=1S/C16H20O2.ClH/c17-16(18)15-10-14(15)13-8-6-12(7-9-13)11-4-2-1-3-5-11;/h6-9,11,14-15H,1-5,10H2,(H,17,18);1H. The molecule has 1 aromatic rings. The number of carboxylic acids is 1. The minimum Gasteiger partial charge on any atom is -0.481 e. The average Bonchev–Trinajstić information content (AvgIpc) is 3.20. The molecule has 0 saturated heterocycles. The normalized spacial score (nSPS) is 26.5. The first-order valence-corrected chi connectivity index (χ1v) is 7.08. The van der Waals surface area contributed by atoms with Crippen LogP contribution in [0.4, 0.5) is 0 Å². The highest BCUT2D eigenvalue weighted by molar-refractivity contribution is 5.85. The summed E-state index contributed by atoms with van der Waals surface area (Å²) in [6, 6.07) is 8.75. The van der Waals surface area contributed by atoms with Gasteiger partial charge in [-0.1, -0.05) is 43.5 Å². The van der Waals surface area contributed by atoms with E-state index in [0.29, 0.717) is 0 Å². The van der Waals surface area contributed by atoms with E-state index in [9.17, 15) is 4.79 Å². The van der Waals surface area contributed by atoms with E-state index < -0.39 is 5.97 Å². The van der Waals surface area contributed by atoms with Crippen molar-refractivity contribution in [3.05, 3.63) is 35.4 Å². The lowest BCUT2D eigenvalue weighted by Crippen LogP contribution is -2.04. The van der Waals surface area contributed by atoms with Crippen LogP contribution >= 0.6 is 12.4 Å². The highest BCUT2D eigenvalue weighted by Crippen LogP contribution is 2.47. The Kier molecular flexibility index (Phi) is 4.51. The molecule has 2 unspecified atom stereocenters. The molecule has 3 rings (SSSR count). The molecule has 0 spiro atoms. The van der Waals surface area contributed by atoms with Crippen LogP contribution in [0.2, 0.25) is 0 Å². The number of hydrogen-bond acceptors (Lipinski definition) is 1. The predicted octanol–water partition coefficient (Wildman–Crippen LogP) is 4.34. The molecule has 0 aromatic heterocycles. The van der Waals surface area contributed by atoms with Gasteiger partial charge in [-0.2, -0.15) is 0 Å². The average molecular weight is 281 g/mol. The second kappa shape index (κ2) is 5.96. The van der Waals surface area contributed by atoms with Gasteiger partial charge in [0.15, 0.2) is 0 Å². The van der Waals surface area contributed by atoms with Crippen molar-refractivity contribution in [1.82, 2.24) is 0 Å². The molecule has 0 bridgehead atoms. The Morgan fingerprint density at radius 2 is 1.58 bits per heavy atom. The highest BCUT2D eigenvalue weighted by Gasteiger charge is 2.44. The van der Waals surface area contributed by atoms with Crippen molar-refractivity contribution in [2.24, 2.45) is 5.92 Å². The molecule has 0 heterocycles. The van der Waals surface area contributed by atoms with E-state index in [0.717, 1.165) is 12.3 Å². The molecule has 2 nitrogen and oxygen atoms in total. The first-order chi connectivity index (χ1) is 8.75. The van der Waals surface area contributed by atoms with Crippen LogP contribution < -0.4 is 0 Å². The maximum atomic E-state index is 10.9. The zero-order valence-electron chi connectivity index (χ0n) is 11.0. The van der Waals surface area contributed by atoms with Crippen molar-refractivity contribution in [3.8, 4) is 0 Å². The smallest absolute Gasteiger partial charge is 0.307 e. The van der Waals surface area contributed by atoms with E-state index in [-0.39, 0.29) is 24.2 Å². The molecule has 0 aliphatic heterocycles. The third-order valence-corrected chi connectivity index (χ3v) is 4.55. The summed E-state index contributed by atoms with van der Waals surface area (Å²) in [6.07, 6.45) is 7.56. The first kappa shape index (κ1) is 14.4. The van der Waals surface area contributed by atoms with Crippen LogP contribution in [-0.2, 0) is 4.79 Å². The zero-order chi connectivity index (χ0) is 12.5. The number of aliphatic carboxylic acids is 1. The summed E-state index contributed by atoms with van der Waals surface area (Å²) in [6.45, 7) is 0. The Balaban J connectivity index is 0.00000133. The van der Waals surface area contributed by atoms with Gasteiger partial charge in [-0.05, 0) is 42.2 Å². The first-order valence-electron chi connectivity index (χ1n) is 7.08. The second-order valence-electron chi connectivity index (χ2n) is 5.79. The number of halogens is 1. The number of carbonyl (C=O) groups is 1. The van der Waals surface area contributed by atoms with Gasteiger partial charge in [-0.15, -0.1) is 12.4 Å². The Labute approximate surface area is 120 Å². The molecule has 0 amide bonds. The summed E-state index contributed by atoms with van der Waals surface area (Å²) in [7, 11) is 0. The van der Waals surface area contributed by atoms with Gasteiger partial charge in [0, 0.05) is 0 Å². The van der Waals surface area contributed by atoms with Crippen molar-refractivity contribution in [2.45, 2.75) is 50.4 Å². The fourth-order valence-electron chi connectivity index (χ4n) is 3.29. The van der Waals surface area contributed by atoms with Gasteiger partial charge in [-0.25, -0.2) is 0 Å². The molecule has 2 saturated carbocycles. The maximum Gasteiger partial charge on any atom is 0.307 e. The molecule has 2 aliphatic rings. The molecule has 2 aliphatic carbocycles. The van der Waals surface area contributed by atoms with E-state index in [1.165, 1.54) is 43.2 Å². The molecule has 1 aromatic carbocycles. The van der Waals surface area contributed by atoms with Gasteiger partial charge >= 0.3 is 5.97 Å². The Hall–Kier alpha value is -1.02. The predicted molar refractivity (Wildman–Crippen MR) is 78.0 cm³/mol. The summed E-state index contributed by atoms with van der Waals surface area (Å²) >= 11 is 0. The van der Waals surface area contributed by atoms with Crippen molar-refractivity contribution in [2.75, 3.05) is 0 Å². The minimum absolute atomic E-state index is 0. The molecular formula is C16H21ClO2. The minimum atomic E-state index is -0.642. The maximum absolute atomic E-state index is 10.9. The molecule has 1 N–H and O–H groups in total. The Bertz CT molecular complexity index is 435. The fourth-order valence-corrected chi connectivity index (χ4v) is 3.29. The third-order valence-electron chi connectivity index (χ3n) is 4.55. The van der Waals surface area contributed by atoms with Crippen molar-refractivity contribution < 1.29 is 9.90 Å².